The Labute approximate surface area is 89.7 Å². The van der Waals surface area contributed by atoms with Crippen LogP contribution >= 0.6 is 11.6 Å². The Morgan fingerprint density at radius 3 is 2.33 bits per heavy atom. The number of carbonyl (C=O) groups is 4. The molecule has 5 amide bonds. The van der Waals surface area contributed by atoms with E-state index in [-0.39, 0.29) is 19.0 Å². The lowest BCUT2D eigenvalue weighted by atomic mass is 10.3. The molecule has 1 fully saturated rings. The average Bonchev–Trinajstić information content (AvgIpc) is 2.16. The summed E-state index contributed by atoms with van der Waals surface area (Å²) in [6.45, 7) is -0.514. The Morgan fingerprint density at radius 1 is 1.33 bits per heavy atom. The Balaban J connectivity index is 2.55. The molecule has 0 saturated carbocycles. The molecular formula is C7H8ClN3O4. The van der Waals surface area contributed by atoms with Crippen molar-refractivity contribution in [3.8, 4) is 0 Å². The lowest BCUT2D eigenvalue weighted by molar-refractivity contribution is -0.135. The second-order valence-electron chi connectivity index (χ2n) is 2.81. The molecule has 7 nitrogen and oxygen atoms in total. The van der Waals surface area contributed by atoms with Crippen LogP contribution in [0.5, 0.6) is 0 Å². The van der Waals surface area contributed by atoms with E-state index in [1.54, 1.807) is 0 Å². The quantitative estimate of drug-likeness (QED) is 0.422. The zero-order valence-electron chi connectivity index (χ0n) is 7.58. The predicted octanol–water partition coefficient (Wildman–Crippen LogP) is -1.58. The van der Waals surface area contributed by atoms with Crippen LogP contribution < -0.4 is 10.6 Å². The van der Waals surface area contributed by atoms with Crippen LogP contribution in [-0.4, -0.2) is 47.6 Å². The van der Waals surface area contributed by atoms with Crippen molar-refractivity contribution < 1.29 is 19.2 Å². The van der Waals surface area contributed by atoms with Gasteiger partial charge in [-0.05, 0) is 0 Å². The maximum absolute atomic E-state index is 11.3. The van der Waals surface area contributed by atoms with E-state index < -0.39 is 23.8 Å². The number of alkyl halides is 1. The van der Waals surface area contributed by atoms with Crippen molar-refractivity contribution in [2.45, 2.75) is 0 Å². The van der Waals surface area contributed by atoms with E-state index in [1.807, 2.05) is 10.6 Å². The van der Waals surface area contributed by atoms with Crippen molar-refractivity contribution in [3.63, 3.8) is 0 Å². The van der Waals surface area contributed by atoms with Crippen LogP contribution in [0.3, 0.4) is 0 Å². The minimum Gasteiger partial charge on any atom is -0.306 e. The lowest BCUT2D eigenvalue weighted by Gasteiger charge is -2.24. The monoisotopic (exact) mass is 233 g/mol. The molecule has 1 aliphatic rings. The van der Waals surface area contributed by atoms with E-state index in [9.17, 15) is 19.2 Å². The number of hydrogen-bond acceptors (Lipinski definition) is 4. The van der Waals surface area contributed by atoms with Gasteiger partial charge in [0.2, 0.25) is 17.7 Å². The summed E-state index contributed by atoms with van der Waals surface area (Å²) >= 11 is 5.16. The Bertz CT molecular complexity index is 314. The van der Waals surface area contributed by atoms with Crippen molar-refractivity contribution >= 4 is 35.4 Å². The normalized spacial score (nSPS) is 15.9. The summed E-state index contributed by atoms with van der Waals surface area (Å²) < 4.78 is 0. The van der Waals surface area contributed by atoms with Gasteiger partial charge in [-0.25, -0.2) is 4.79 Å². The maximum atomic E-state index is 11.3. The number of halogens is 1. The van der Waals surface area contributed by atoms with Gasteiger partial charge < -0.3 is 4.90 Å². The average molecular weight is 234 g/mol. The number of carbonyl (C=O) groups excluding carboxylic acids is 4. The topological polar surface area (TPSA) is 95.6 Å². The molecule has 0 bridgehead atoms. The Hall–Kier alpha value is -1.63. The largest absolute Gasteiger partial charge is 0.325 e. The van der Waals surface area contributed by atoms with E-state index in [4.69, 9.17) is 11.6 Å². The highest BCUT2D eigenvalue weighted by molar-refractivity contribution is 6.28. The first-order valence-corrected chi connectivity index (χ1v) is 4.54. The van der Waals surface area contributed by atoms with Crippen LogP contribution in [-0.2, 0) is 14.4 Å². The van der Waals surface area contributed by atoms with Gasteiger partial charge in [0, 0.05) is 0 Å². The number of amides is 5. The highest BCUT2D eigenvalue weighted by Gasteiger charge is 2.26. The fraction of sp³-hybridized carbons (Fsp3) is 0.429. The zero-order valence-corrected chi connectivity index (χ0v) is 8.34. The van der Waals surface area contributed by atoms with E-state index >= 15 is 0 Å². The molecule has 82 valence electrons. The number of hydrogen-bond donors (Lipinski definition) is 2. The molecule has 0 spiro atoms. The summed E-state index contributed by atoms with van der Waals surface area (Å²) in [6, 6.07) is -0.802. The van der Waals surface area contributed by atoms with Crippen LogP contribution in [0.15, 0.2) is 0 Å². The molecule has 1 aliphatic heterocycles. The van der Waals surface area contributed by atoms with Gasteiger partial charge in [0.25, 0.3) is 0 Å². The summed E-state index contributed by atoms with van der Waals surface area (Å²) in [7, 11) is 0. The summed E-state index contributed by atoms with van der Waals surface area (Å²) in [4.78, 5) is 44.7. The Morgan fingerprint density at radius 2 is 1.87 bits per heavy atom. The van der Waals surface area contributed by atoms with Crippen LogP contribution in [0.1, 0.15) is 0 Å². The summed E-state index contributed by atoms with van der Waals surface area (Å²) in [5.41, 5.74) is 0. The Kier molecular flexibility index (Phi) is 3.62. The van der Waals surface area contributed by atoms with Crippen molar-refractivity contribution in [2.75, 3.05) is 19.0 Å². The lowest BCUT2D eigenvalue weighted by Crippen LogP contribution is -2.56. The van der Waals surface area contributed by atoms with Gasteiger partial charge in [0.05, 0.1) is 0 Å². The van der Waals surface area contributed by atoms with Crippen LogP contribution in [0.4, 0.5) is 4.79 Å². The molecule has 0 aromatic rings. The molecule has 1 heterocycles. The molecule has 8 heteroatoms. The van der Waals surface area contributed by atoms with Gasteiger partial charge in [-0.3, -0.25) is 25.0 Å². The van der Waals surface area contributed by atoms with Crippen LogP contribution in [0, 0.1) is 0 Å². The van der Waals surface area contributed by atoms with Gasteiger partial charge >= 0.3 is 6.03 Å². The van der Waals surface area contributed by atoms with Crippen molar-refractivity contribution in [2.24, 2.45) is 0 Å². The molecule has 15 heavy (non-hydrogen) atoms. The smallest absolute Gasteiger partial charge is 0.306 e. The minimum atomic E-state index is -0.802. The van der Waals surface area contributed by atoms with Crippen LogP contribution in [0.2, 0.25) is 0 Å². The fourth-order valence-corrected chi connectivity index (χ4v) is 1.08. The SMILES string of the molecule is O=C1CN(C(=O)NC(=O)CCl)CC(=O)N1. The van der Waals surface area contributed by atoms with Gasteiger partial charge in [0.1, 0.15) is 19.0 Å². The number of urea groups is 1. The molecule has 2 N–H and O–H groups in total. The fourth-order valence-electron chi connectivity index (χ4n) is 1.01. The predicted molar refractivity (Wildman–Crippen MR) is 49.0 cm³/mol. The minimum absolute atomic E-state index is 0.257. The van der Waals surface area contributed by atoms with E-state index in [0.717, 1.165) is 4.90 Å². The zero-order chi connectivity index (χ0) is 11.4. The van der Waals surface area contributed by atoms with Gasteiger partial charge in [-0.1, -0.05) is 0 Å². The molecule has 0 aromatic carbocycles. The van der Waals surface area contributed by atoms with Crippen molar-refractivity contribution in [1.82, 2.24) is 15.5 Å². The van der Waals surface area contributed by atoms with Crippen LogP contribution in [0.25, 0.3) is 0 Å². The third-order valence-corrected chi connectivity index (χ3v) is 1.85. The first-order valence-electron chi connectivity index (χ1n) is 4.00. The number of piperazine rings is 1. The number of nitrogens with one attached hydrogen (secondary N) is 2. The third-order valence-electron chi connectivity index (χ3n) is 1.60. The van der Waals surface area contributed by atoms with Gasteiger partial charge in [-0.15, -0.1) is 11.6 Å². The molecule has 0 atom stereocenters. The molecule has 0 aromatic heterocycles. The van der Waals surface area contributed by atoms with Gasteiger partial charge in [-0.2, -0.15) is 0 Å². The second kappa shape index (κ2) is 4.74. The molecule has 1 rings (SSSR count). The number of imide groups is 2. The molecule has 0 unspecified atom stereocenters. The molecule has 0 radical (unpaired) electrons. The van der Waals surface area contributed by atoms with E-state index in [0.29, 0.717) is 0 Å². The number of rotatable bonds is 1. The number of nitrogens with zero attached hydrogens (tertiary/aromatic N) is 1. The first kappa shape index (κ1) is 11.4. The van der Waals surface area contributed by atoms with Crippen molar-refractivity contribution in [3.05, 3.63) is 0 Å². The summed E-state index contributed by atoms with van der Waals surface area (Å²) in [6.07, 6.45) is 0. The standard InChI is InChI=1S/C7H8ClN3O4/c8-1-4(12)10-7(15)11-2-5(13)9-6(14)3-11/h1-3H2,(H,9,13,14)(H,10,12,15). The highest BCUT2D eigenvalue weighted by Crippen LogP contribution is 1.95. The van der Waals surface area contributed by atoms with E-state index in [2.05, 4.69) is 0 Å². The summed E-state index contributed by atoms with van der Waals surface area (Å²) in [5, 5.41) is 3.95. The molecule has 0 aliphatic carbocycles. The van der Waals surface area contributed by atoms with Gasteiger partial charge in [0.15, 0.2) is 0 Å². The first-order chi connectivity index (χ1) is 7.02. The second-order valence-corrected chi connectivity index (χ2v) is 3.08. The third kappa shape index (κ3) is 3.21. The van der Waals surface area contributed by atoms with E-state index in [1.165, 1.54) is 0 Å². The van der Waals surface area contributed by atoms with Crippen molar-refractivity contribution in [1.29, 1.82) is 0 Å². The maximum Gasteiger partial charge on any atom is 0.325 e. The molecule has 1 saturated heterocycles. The highest BCUT2D eigenvalue weighted by atomic mass is 35.5. The summed E-state index contributed by atoms with van der Waals surface area (Å²) in [5.74, 6) is -2.21. The molecular weight excluding hydrogens is 226 g/mol.